The minimum Gasteiger partial charge on any atom is -0.310 e. The lowest BCUT2D eigenvalue weighted by Crippen LogP contribution is -2.34. The summed E-state index contributed by atoms with van der Waals surface area (Å²) in [5.74, 6) is 0. The predicted molar refractivity (Wildman–Crippen MR) is 106 cm³/mol. The number of anilines is 1. The zero-order chi connectivity index (χ0) is 19.0. The first kappa shape index (κ1) is 18.5. The van der Waals surface area contributed by atoms with Crippen molar-refractivity contribution in [1.29, 1.82) is 0 Å². The number of nitrogens with one attached hydrogen (secondary N) is 3. The van der Waals surface area contributed by atoms with Crippen molar-refractivity contribution in [3.63, 3.8) is 0 Å². The molecule has 0 spiro atoms. The van der Waals surface area contributed by atoms with E-state index in [1.165, 1.54) is 27.7 Å². The van der Waals surface area contributed by atoms with Crippen molar-refractivity contribution in [3.05, 3.63) is 39.3 Å². The highest BCUT2D eigenvalue weighted by atomic mass is 32.2. The molecule has 6 nitrogen and oxygen atoms in total. The van der Waals surface area contributed by atoms with E-state index in [-0.39, 0.29) is 6.04 Å². The van der Waals surface area contributed by atoms with E-state index in [0.717, 1.165) is 69.2 Å². The van der Waals surface area contributed by atoms with Gasteiger partial charge < -0.3 is 10.6 Å². The Morgan fingerprint density at radius 3 is 2.37 bits per heavy atom. The maximum Gasteiger partial charge on any atom is 0.333 e. The van der Waals surface area contributed by atoms with Gasteiger partial charge >= 0.3 is 6.03 Å². The number of fused-ring (bicyclic) bond motifs is 2. The molecule has 3 aliphatic rings. The SMILES string of the molecule is C/C(=C/S(=O)(=O)NC(=O)Nc1c2c(cc3c1CCC3)CCC2)C1CCCN1. The second-order valence-electron chi connectivity index (χ2n) is 7.85. The van der Waals surface area contributed by atoms with Gasteiger partial charge in [0.15, 0.2) is 0 Å². The number of hydrogen-bond donors (Lipinski definition) is 3. The average molecular weight is 390 g/mol. The van der Waals surface area contributed by atoms with Gasteiger partial charge in [0.25, 0.3) is 10.0 Å². The lowest BCUT2D eigenvalue weighted by atomic mass is 9.99. The van der Waals surface area contributed by atoms with E-state index in [1.807, 2.05) is 0 Å². The Hall–Kier alpha value is -1.86. The first-order chi connectivity index (χ1) is 12.9. The van der Waals surface area contributed by atoms with Crippen LogP contribution in [0.25, 0.3) is 0 Å². The van der Waals surface area contributed by atoms with Crippen LogP contribution in [0.5, 0.6) is 0 Å². The highest BCUT2D eigenvalue weighted by Crippen LogP contribution is 2.38. The molecule has 1 aromatic rings. The molecule has 0 aromatic heterocycles. The van der Waals surface area contributed by atoms with Crippen molar-refractivity contribution >= 4 is 21.7 Å². The van der Waals surface area contributed by atoms with E-state index in [9.17, 15) is 13.2 Å². The van der Waals surface area contributed by atoms with Gasteiger partial charge in [-0.2, -0.15) is 0 Å². The van der Waals surface area contributed by atoms with Crippen molar-refractivity contribution in [2.45, 2.75) is 64.3 Å². The number of sulfonamides is 1. The molecule has 1 saturated heterocycles. The first-order valence-corrected chi connectivity index (χ1v) is 11.4. The maximum atomic E-state index is 12.5. The topological polar surface area (TPSA) is 87.3 Å². The Morgan fingerprint density at radius 2 is 1.78 bits per heavy atom. The van der Waals surface area contributed by atoms with Crippen LogP contribution in [-0.2, 0) is 35.7 Å². The lowest BCUT2D eigenvalue weighted by Gasteiger charge is -2.16. The average Bonchev–Trinajstić information content (AvgIpc) is 3.34. The molecule has 1 fully saturated rings. The van der Waals surface area contributed by atoms with Crippen LogP contribution in [0.15, 0.2) is 17.0 Å². The van der Waals surface area contributed by atoms with Crippen molar-refractivity contribution in [1.82, 2.24) is 10.0 Å². The van der Waals surface area contributed by atoms with Gasteiger partial charge in [-0.3, -0.25) is 0 Å². The second-order valence-corrected chi connectivity index (χ2v) is 9.38. The molecule has 27 heavy (non-hydrogen) atoms. The van der Waals surface area contributed by atoms with Crippen LogP contribution in [0, 0.1) is 0 Å². The normalized spacial score (nSPS) is 21.8. The molecule has 1 atom stereocenters. The van der Waals surface area contributed by atoms with Crippen molar-refractivity contribution < 1.29 is 13.2 Å². The van der Waals surface area contributed by atoms with E-state index in [1.54, 1.807) is 6.92 Å². The fourth-order valence-corrected chi connectivity index (χ4v) is 5.69. The smallest absolute Gasteiger partial charge is 0.310 e. The van der Waals surface area contributed by atoms with Gasteiger partial charge in [0, 0.05) is 11.7 Å². The Morgan fingerprint density at radius 1 is 1.11 bits per heavy atom. The summed E-state index contributed by atoms with van der Waals surface area (Å²) in [6.45, 7) is 2.69. The largest absolute Gasteiger partial charge is 0.333 e. The molecule has 7 heteroatoms. The number of rotatable bonds is 4. The molecular formula is C20H27N3O3S. The summed E-state index contributed by atoms with van der Waals surface area (Å²) in [6, 6.07) is 1.68. The van der Waals surface area contributed by atoms with Crippen LogP contribution in [-0.4, -0.2) is 27.0 Å². The van der Waals surface area contributed by atoms with Crippen molar-refractivity contribution in [3.8, 4) is 0 Å². The van der Waals surface area contributed by atoms with Gasteiger partial charge in [-0.25, -0.2) is 17.9 Å². The van der Waals surface area contributed by atoms with Crippen LogP contribution in [0.1, 0.15) is 54.9 Å². The summed E-state index contributed by atoms with van der Waals surface area (Å²) in [5, 5.41) is 7.31. The molecule has 146 valence electrons. The van der Waals surface area contributed by atoms with Crippen LogP contribution in [0.2, 0.25) is 0 Å². The molecule has 4 rings (SSSR count). The van der Waals surface area contributed by atoms with E-state index >= 15 is 0 Å². The van der Waals surface area contributed by atoms with Crippen LogP contribution < -0.4 is 15.4 Å². The van der Waals surface area contributed by atoms with E-state index in [4.69, 9.17) is 0 Å². The minimum absolute atomic E-state index is 0.0744. The van der Waals surface area contributed by atoms with Gasteiger partial charge in [0.1, 0.15) is 0 Å². The Balaban J connectivity index is 1.51. The van der Waals surface area contributed by atoms with Crippen LogP contribution >= 0.6 is 0 Å². The number of amides is 2. The number of carbonyl (C=O) groups is 1. The predicted octanol–water partition coefficient (Wildman–Crippen LogP) is 2.77. The first-order valence-electron chi connectivity index (χ1n) is 9.85. The molecular weight excluding hydrogens is 362 g/mol. The third kappa shape index (κ3) is 3.89. The molecule has 1 aliphatic heterocycles. The summed E-state index contributed by atoms with van der Waals surface area (Å²) >= 11 is 0. The van der Waals surface area contributed by atoms with Gasteiger partial charge in [0.2, 0.25) is 0 Å². The van der Waals surface area contributed by atoms with Gasteiger partial charge in [-0.1, -0.05) is 6.07 Å². The van der Waals surface area contributed by atoms with E-state index in [0.29, 0.717) is 0 Å². The highest BCUT2D eigenvalue weighted by molar-refractivity contribution is 7.93. The second kappa shape index (κ2) is 7.28. The number of benzene rings is 1. The van der Waals surface area contributed by atoms with Crippen molar-refractivity contribution in [2.24, 2.45) is 0 Å². The van der Waals surface area contributed by atoms with Crippen molar-refractivity contribution in [2.75, 3.05) is 11.9 Å². The number of hydrogen-bond acceptors (Lipinski definition) is 4. The van der Waals surface area contributed by atoms with Gasteiger partial charge in [-0.05, 0) is 92.7 Å². The van der Waals surface area contributed by atoms with Gasteiger partial charge in [-0.15, -0.1) is 0 Å². The third-order valence-corrected chi connectivity index (χ3v) is 7.05. The number of urea groups is 1. The summed E-state index contributed by atoms with van der Waals surface area (Å²) in [6.07, 6.45) is 8.09. The van der Waals surface area contributed by atoms with Gasteiger partial charge in [0.05, 0.1) is 5.41 Å². The summed E-state index contributed by atoms with van der Waals surface area (Å²) < 4.78 is 26.9. The summed E-state index contributed by atoms with van der Waals surface area (Å²) in [7, 11) is -3.83. The standard InChI is InChI=1S/C20H27N3O3S/c1-13(18-9-4-10-21-18)12-27(25,26)23-20(24)22-19-16-7-2-5-14(16)11-15-6-3-8-17(15)19/h11-12,18,21H,2-10H2,1H3,(H2,22,23,24)/b13-12-. The molecule has 2 amide bonds. The van der Waals surface area contributed by atoms with E-state index in [2.05, 4.69) is 21.4 Å². The third-order valence-electron chi connectivity index (χ3n) is 5.90. The molecule has 0 bridgehead atoms. The zero-order valence-electron chi connectivity index (χ0n) is 15.7. The molecule has 1 aromatic carbocycles. The molecule has 3 N–H and O–H groups in total. The number of aryl methyl sites for hydroxylation is 2. The monoisotopic (exact) mass is 389 g/mol. The Kier molecular flexibility index (Phi) is 4.99. The summed E-state index contributed by atoms with van der Waals surface area (Å²) in [5.41, 5.74) is 6.56. The van der Waals surface area contributed by atoms with Crippen LogP contribution in [0.3, 0.4) is 0 Å². The lowest BCUT2D eigenvalue weighted by molar-refractivity contribution is 0.256. The molecule has 1 heterocycles. The summed E-state index contributed by atoms with van der Waals surface area (Å²) in [4.78, 5) is 12.5. The van der Waals surface area contributed by atoms with E-state index < -0.39 is 16.1 Å². The quantitative estimate of drug-likeness (QED) is 0.739. The molecule has 0 saturated carbocycles. The minimum atomic E-state index is -3.83. The molecule has 2 aliphatic carbocycles. The maximum absolute atomic E-state index is 12.5. The Labute approximate surface area is 160 Å². The number of carbonyl (C=O) groups excluding carboxylic acids is 1. The highest BCUT2D eigenvalue weighted by Gasteiger charge is 2.26. The molecule has 0 radical (unpaired) electrons. The Bertz CT molecular complexity index is 867. The fourth-order valence-electron chi connectivity index (χ4n) is 4.66. The van der Waals surface area contributed by atoms with Crippen LogP contribution in [0.4, 0.5) is 10.5 Å². The molecule has 1 unspecified atom stereocenters. The fraction of sp³-hybridized carbons (Fsp3) is 0.550. The zero-order valence-corrected chi connectivity index (χ0v) is 16.5.